The second kappa shape index (κ2) is 44.1. The highest BCUT2D eigenvalue weighted by atomic mass is 32.2. The van der Waals surface area contributed by atoms with Crippen molar-refractivity contribution in [1.82, 2.24) is 92.1 Å². The Labute approximate surface area is 810 Å². The number of carbonyl (C=O) groups is 1. The summed E-state index contributed by atoms with van der Waals surface area (Å²) in [4.78, 5) is 104. The minimum atomic E-state index is -4.20. The lowest BCUT2D eigenvalue weighted by Crippen LogP contribution is -2.43. The topological polar surface area (TPSA) is 435 Å². The average molecular weight is 1970 g/mol. The summed E-state index contributed by atoms with van der Waals surface area (Å²) < 4.78 is 105. The van der Waals surface area contributed by atoms with E-state index in [0.29, 0.717) is 100.0 Å². The molecule has 1 aliphatic carbocycles. The number of rotatable bonds is 31. The van der Waals surface area contributed by atoms with Gasteiger partial charge < -0.3 is 62.0 Å². The number of halogens is 1. The predicted octanol–water partition coefficient (Wildman–Crippen LogP) is 10.3. The van der Waals surface area contributed by atoms with Crippen LogP contribution in [0.2, 0.25) is 0 Å². The molecule has 8 N–H and O–H groups in total. The number of hydrogen-bond donors (Lipinski definition) is 7. The Hall–Kier alpha value is -12.9. The number of anilines is 9. The molecular weight excluding hydrogens is 1850 g/mol. The van der Waals surface area contributed by atoms with Gasteiger partial charge in [-0.25, -0.2) is 58.5 Å². The maximum atomic E-state index is 15.1. The first kappa shape index (κ1) is 99.1. The maximum absolute atomic E-state index is 15.1. The van der Waals surface area contributed by atoms with E-state index in [1.807, 2.05) is 84.6 Å². The number of carbonyl (C=O) groups excluding carboxylic acids is 1. The molecule has 2 atom stereocenters. The molecule has 4 aromatic carbocycles. The fraction of sp³-hybridized carbons (Fsp3) is 0.392. The molecule has 2 unspecified atom stereocenters. The van der Waals surface area contributed by atoms with Gasteiger partial charge in [-0.15, -0.1) is 11.3 Å². The van der Waals surface area contributed by atoms with Crippen molar-refractivity contribution in [2.75, 3.05) is 157 Å². The van der Waals surface area contributed by atoms with Crippen molar-refractivity contribution in [2.24, 2.45) is 5.73 Å². The van der Waals surface area contributed by atoms with Gasteiger partial charge in [0.05, 0.1) is 77.3 Å². The van der Waals surface area contributed by atoms with Crippen LogP contribution in [0.3, 0.4) is 0 Å². The molecule has 37 nitrogen and oxygen atoms in total. The predicted molar refractivity (Wildman–Crippen MR) is 544 cm³/mol. The number of likely N-dealkylation sites (tertiary alicyclic amines) is 2. The van der Waals surface area contributed by atoms with Gasteiger partial charge in [0.25, 0.3) is 31.8 Å². The molecule has 5 fully saturated rings. The van der Waals surface area contributed by atoms with Crippen molar-refractivity contribution in [3.8, 4) is 11.3 Å². The fourth-order valence-corrected chi connectivity index (χ4v) is 23.3. The molecule has 4 aliphatic heterocycles. The maximum Gasteiger partial charge on any atom is 0.275 e. The Morgan fingerprint density at radius 2 is 1.27 bits per heavy atom. The monoisotopic (exact) mass is 1970 g/mol. The van der Waals surface area contributed by atoms with Crippen molar-refractivity contribution < 1.29 is 39.2 Å². The van der Waals surface area contributed by atoms with Crippen molar-refractivity contribution >= 4 is 137 Å². The molecule has 732 valence electrons. The van der Waals surface area contributed by atoms with E-state index < -0.39 is 57.9 Å². The van der Waals surface area contributed by atoms with E-state index in [2.05, 4.69) is 126 Å². The van der Waals surface area contributed by atoms with Crippen molar-refractivity contribution in [2.45, 2.75) is 121 Å². The second-order valence-corrected chi connectivity index (χ2v) is 42.9. The summed E-state index contributed by atoms with van der Waals surface area (Å²) in [6.07, 6.45) is 20.8. The third-order valence-electron chi connectivity index (χ3n) is 25.9. The summed E-state index contributed by atoms with van der Waals surface area (Å²) in [5.41, 5.74) is 14.9. The number of piperazine rings is 1. The summed E-state index contributed by atoms with van der Waals surface area (Å²) in [5.74, 6) is -0.0429. The molecule has 139 heavy (non-hydrogen) atoms. The Balaban J connectivity index is 0.000000151. The first-order chi connectivity index (χ1) is 67.0. The van der Waals surface area contributed by atoms with E-state index in [-0.39, 0.29) is 95.2 Å². The lowest BCUT2D eigenvalue weighted by Gasteiger charge is -2.33. The van der Waals surface area contributed by atoms with Gasteiger partial charge in [0.2, 0.25) is 37.7 Å². The van der Waals surface area contributed by atoms with E-state index in [9.17, 15) is 44.4 Å². The number of nitrogens with zero attached hydrogens (tertiary/aromatic N) is 19. The number of nitrogens with one attached hydrogen (secondary N) is 6. The molecule has 0 bridgehead atoms. The second-order valence-electron chi connectivity index (χ2n) is 35.8. The number of nitrogens with two attached hydrogens (primary N) is 1. The number of pyridine rings is 3. The third kappa shape index (κ3) is 23.2. The number of fused-ring (bicyclic) bond motifs is 3. The normalized spacial score (nSPS) is 16.7. The largest absolute Gasteiger partial charge is 0.404 e. The first-order valence-corrected chi connectivity index (χ1v) is 52.2. The number of hydrogen-bond acceptors (Lipinski definition) is 33. The highest BCUT2D eigenvalue weighted by Crippen LogP contribution is 2.35. The highest BCUT2D eigenvalue weighted by molar-refractivity contribution is 8.06. The van der Waals surface area contributed by atoms with Crippen molar-refractivity contribution in [3.05, 3.63) is 252 Å². The number of aryl methyl sites for hydroxylation is 1. The zero-order valence-electron chi connectivity index (χ0n) is 78.9. The zero-order valence-corrected chi connectivity index (χ0v) is 82.1. The fourth-order valence-electron chi connectivity index (χ4n) is 18.3. The molecule has 5 aliphatic rings. The van der Waals surface area contributed by atoms with Crippen LogP contribution in [0.25, 0.3) is 49.9 Å². The summed E-state index contributed by atoms with van der Waals surface area (Å²) in [7, 11) is -0.528. The minimum absolute atomic E-state index is 0.0117. The molecule has 18 rings (SSSR count). The Bertz CT molecular complexity index is 7200. The van der Waals surface area contributed by atoms with Gasteiger partial charge in [-0.3, -0.25) is 37.8 Å². The summed E-state index contributed by atoms with van der Waals surface area (Å²) in [6, 6.07) is 37.7. The molecule has 13 heterocycles. The number of piperidine rings is 3. The number of ether oxygens (including phenoxy) is 1. The standard InChI is InChI=1S/C35H42N8O4S.C34H45N9O3S.C28H30FN9O4S2/c1-24(25-9-6-5-7-10-25)31-19-26-21-37-35(39-29-14-12-28(13-15-29)38-30-11-8-16-42(4)23-30)40-32(26)43(33(31)44)22-27(20-36)34(45)48(46,47)18-17-41(2)3;1-40-19-6-5-9-30(40)29-21-24-22-37-34(38-25-10-12-26(13-11-25)41(2)27-14-16-35-17-15-27)39-32(24)42(33(29)44)23-31-36-18-20-43(31)47(45,46)28-7-3-4-8-28;1-18-25(32-17-43-18)22-13-19-15-31-28(34-20-3-4-24(23(29)14-20)36-9-7-30-8-10-36)35-26(19)37(27(22)39)16-21-5-6-33-38(21)44(40,41)12-11-42-2/h5-7,9-10,12-15,19-21,30,38H,1,8,11,16-18,22-23,36H2,2-4H3,(H,37,39,40);10-13,18,20-22,27-28,30,35H,3-9,14-17,19,23H2,1-2H3,(H,37,38,39);3-6,13-15,17,30H,7-12,16H2,1-2H3,(H,31,34,35). The van der Waals surface area contributed by atoms with Gasteiger partial charge in [-0.1, -0.05) is 56.2 Å². The van der Waals surface area contributed by atoms with Crippen LogP contribution >= 0.6 is 11.3 Å². The number of methoxy groups -OCH3 is 1. The first-order valence-electron chi connectivity index (χ1n) is 46.6. The summed E-state index contributed by atoms with van der Waals surface area (Å²) in [6.45, 7) is 13.7. The van der Waals surface area contributed by atoms with Crippen LogP contribution in [0, 0.1) is 12.7 Å². The lowest BCUT2D eigenvalue weighted by atomic mass is 9.96. The number of thiazole rings is 1. The van der Waals surface area contributed by atoms with Gasteiger partial charge >= 0.3 is 0 Å². The molecule has 0 spiro atoms. The third-order valence-corrected chi connectivity index (χ3v) is 32.0. The number of likely N-dealkylation sites (N-methyl/N-ethyl adjacent to an activating group) is 1. The van der Waals surface area contributed by atoms with Gasteiger partial charge in [0.1, 0.15) is 28.6 Å². The summed E-state index contributed by atoms with van der Waals surface area (Å²) >= 11 is 1.41. The van der Waals surface area contributed by atoms with Gasteiger partial charge in [-0.2, -0.15) is 24.1 Å². The van der Waals surface area contributed by atoms with E-state index in [1.165, 1.54) is 62.3 Å². The number of aromatic nitrogens is 14. The van der Waals surface area contributed by atoms with Gasteiger partial charge in [-0.05, 0) is 215 Å². The molecular formula is C97H117FN26O11S4. The average Bonchev–Trinajstić information content (AvgIpc) is 1.75. The Morgan fingerprint density at radius 1 is 0.647 bits per heavy atom. The molecule has 4 saturated heterocycles. The quantitative estimate of drug-likeness (QED) is 0.0198. The van der Waals surface area contributed by atoms with Crippen LogP contribution in [0.5, 0.6) is 0 Å². The van der Waals surface area contributed by atoms with E-state index >= 15 is 4.39 Å². The lowest BCUT2D eigenvalue weighted by molar-refractivity contribution is -0.108. The Kier molecular flexibility index (Phi) is 31.4. The van der Waals surface area contributed by atoms with Gasteiger partial charge in [0.15, 0.2) is 0 Å². The molecule has 13 aromatic rings. The number of benzene rings is 4. The molecule has 1 saturated carbocycles. The zero-order chi connectivity index (χ0) is 97.8. The number of imidazole rings is 1. The Morgan fingerprint density at radius 3 is 1.90 bits per heavy atom. The van der Waals surface area contributed by atoms with Crippen LogP contribution in [0.4, 0.5) is 56.4 Å². The van der Waals surface area contributed by atoms with Crippen molar-refractivity contribution in [3.63, 3.8) is 0 Å². The smallest absolute Gasteiger partial charge is 0.275 e. The van der Waals surface area contributed by atoms with E-state index in [1.54, 1.807) is 71.9 Å². The van der Waals surface area contributed by atoms with Crippen LogP contribution in [-0.2, 0) is 59.0 Å². The molecule has 0 amide bonds. The van der Waals surface area contributed by atoms with Crippen LogP contribution in [0.15, 0.2) is 197 Å². The van der Waals surface area contributed by atoms with E-state index in [4.69, 9.17) is 15.5 Å². The van der Waals surface area contributed by atoms with Crippen LogP contribution in [-0.4, -0.2) is 255 Å². The van der Waals surface area contributed by atoms with Crippen molar-refractivity contribution in [1.29, 1.82) is 0 Å². The van der Waals surface area contributed by atoms with Crippen LogP contribution < -0.4 is 64.1 Å². The minimum Gasteiger partial charge on any atom is -0.404 e. The summed E-state index contributed by atoms with van der Waals surface area (Å²) in [5, 5.41) is 24.0. The SMILES string of the molecule is C=C(c1ccccc1)c1cc2cnc(Nc3ccc(NC4CCCN(C)C4)cc3)nc2n(CC(=CN)C(=O)S(=O)(=O)CCN(C)C)c1=O.CN1CCCCC1c1cc2cnc(Nc3ccc(N(C)C4CCNCC4)cc3)nc2n(Cc2nccn2S(=O)(=O)C2CCCC2)c1=O.COCCS(=O)(=O)n1nccc1Cn1c(=O)c(-c2ncsc2C)cc2cnc(Nc3ccc(N4CCNCC4)c(F)c3)nc21. The van der Waals surface area contributed by atoms with E-state index in [0.717, 1.165) is 152 Å². The molecule has 0 radical (unpaired) electrons. The number of sulfone groups is 1. The van der Waals surface area contributed by atoms with Crippen LogP contribution in [0.1, 0.15) is 110 Å². The molecule has 9 aromatic heterocycles. The highest BCUT2D eigenvalue weighted by Gasteiger charge is 2.35. The molecule has 42 heteroatoms. The van der Waals surface area contributed by atoms with Gasteiger partial charge in [0, 0.05) is 175 Å².